The Kier molecular flexibility index (Phi) is 6.59. The van der Waals surface area contributed by atoms with Gasteiger partial charge in [0.25, 0.3) is 0 Å². The van der Waals surface area contributed by atoms with E-state index in [1.165, 1.54) is 33.4 Å². The Morgan fingerprint density at radius 1 is 0.359 bits per heavy atom. The normalized spacial score (nSPS) is 10.8. The molecule has 186 valence electrons. The van der Waals surface area contributed by atoms with Gasteiger partial charge in [0.2, 0.25) is 0 Å². The van der Waals surface area contributed by atoms with Crippen molar-refractivity contribution in [3.63, 3.8) is 0 Å². The summed E-state index contributed by atoms with van der Waals surface area (Å²) in [4.78, 5) is 0. The molecule has 0 saturated heterocycles. The number of nitrogens with one attached hydrogen (secondary N) is 1. The van der Waals surface area contributed by atoms with Crippen LogP contribution in [0.3, 0.4) is 0 Å². The van der Waals surface area contributed by atoms with Crippen LogP contribution in [0.4, 0.5) is 0 Å². The molecule has 6 aromatic rings. The van der Waals surface area contributed by atoms with Crippen LogP contribution in [0.25, 0.3) is 55.6 Å². The Morgan fingerprint density at radius 2 is 0.821 bits per heavy atom. The lowest BCUT2D eigenvalue weighted by atomic mass is 9.87. The Labute approximate surface area is 229 Å². The molecule has 0 atom stereocenters. The quantitative estimate of drug-likeness (QED) is 0.174. The maximum Gasteiger partial charge on any atom is 0.122 e. The molecular weight excluding hydrogens is 472 g/mol. The molecule has 39 heavy (non-hydrogen) atoms. The minimum Gasteiger partial charge on any atom is -0.384 e. The van der Waals surface area contributed by atoms with Gasteiger partial charge in [0.1, 0.15) is 5.84 Å². The molecule has 0 aliphatic rings. The summed E-state index contributed by atoms with van der Waals surface area (Å²) < 4.78 is 0. The van der Waals surface area contributed by atoms with E-state index < -0.39 is 0 Å². The van der Waals surface area contributed by atoms with Crippen LogP contribution in [0.2, 0.25) is 0 Å². The standard InChI is InChI=1S/C37H28N2/c38-37(39)32-18-10-17-30(24-32)28-15-9-16-29(23-28)31-21-22-34(27-13-5-2-6-14-27)36(25-31)35-20-8-7-19-33(35)26-11-3-1-4-12-26/h1-25H,(H3,38,39). The fourth-order valence-corrected chi connectivity index (χ4v) is 5.15. The molecule has 3 N–H and O–H groups in total. The molecule has 0 aliphatic heterocycles. The van der Waals surface area contributed by atoms with Crippen molar-refractivity contribution in [1.29, 1.82) is 5.41 Å². The molecule has 0 aliphatic carbocycles. The van der Waals surface area contributed by atoms with Gasteiger partial charge in [-0.25, -0.2) is 0 Å². The van der Waals surface area contributed by atoms with E-state index in [0.29, 0.717) is 0 Å². The third-order valence-electron chi connectivity index (χ3n) is 7.11. The van der Waals surface area contributed by atoms with Crippen molar-refractivity contribution in [2.24, 2.45) is 5.73 Å². The van der Waals surface area contributed by atoms with Crippen LogP contribution in [0, 0.1) is 5.41 Å². The van der Waals surface area contributed by atoms with Gasteiger partial charge in [-0.2, -0.15) is 0 Å². The van der Waals surface area contributed by atoms with Crippen molar-refractivity contribution in [2.45, 2.75) is 0 Å². The lowest BCUT2D eigenvalue weighted by Gasteiger charge is -2.17. The van der Waals surface area contributed by atoms with Gasteiger partial charge in [0.05, 0.1) is 0 Å². The molecule has 0 amide bonds. The number of amidine groups is 1. The van der Waals surface area contributed by atoms with Crippen molar-refractivity contribution >= 4 is 5.84 Å². The highest BCUT2D eigenvalue weighted by atomic mass is 14.7. The monoisotopic (exact) mass is 500 g/mol. The van der Waals surface area contributed by atoms with Crippen LogP contribution in [-0.4, -0.2) is 5.84 Å². The summed E-state index contributed by atoms with van der Waals surface area (Å²) in [7, 11) is 0. The lowest BCUT2D eigenvalue weighted by Crippen LogP contribution is -2.10. The topological polar surface area (TPSA) is 49.9 Å². The second kappa shape index (κ2) is 10.6. The Hall–Kier alpha value is -5.21. The summed E-state index contributed by atoms with van der Waals surface area (Å²) in [5.74, 6) is 0.0752. The van der Waals surface area contributed by atoms with Crippen molar-refractivity contribution < 1.29 is 0 Å². The number of benzene rings is 6. The minimum absolute atomic E-state index is 0.0752. The van der Waals surface area contributed by atoms with E-state index in [-0.39, 0.29) is 5.84 Å². The molecule has 0 radical (unpaired) electrons. The maximum absolute atomic E-state index is 7.82. The Bertz CT molecular complexity index is 1770. The third kappa shape index (κ3) is 5.01. The number of rotatable bonds is 6. The highest BCUT2D eigenvalue weighted by Crippen LogP contribution is 2.40. The van der Waals surface area contributed by atoms with Gasteiger partial charge in [-0.1, -0.05) is 133 Å². The van der Waals surface area contributed by atoms with Gasteiger partial charge >= 0.3 is 0 Å². The molecule has 6 aromatic carbocycles. The molecule has 6 rings (SSSR count). The Balaban J connectivity index is 1.52. The minimum atomic E-state index is 0.0752. The van der Waals surface area contributed by atoms with Crippen LogP contribution in [0.15, 0.2) is 152 Å². The Morgan fingerprint density at radius 3 is 1.44 bits per heavy atom. The summed E-state index contributed by atoms with van der Waals surface area (Å²) in [5.41, 5.74) is 18.1. The fourth-order valence-electron chi connectivity index (χ4n) is 5.15. The van der Waals surface area contributed by atoms with E-state index in [1.807, 2.05) is 18.2 Å². The number of nitrogen functional groups attached to an aromatic ring is 1. The van der Waals surface area contributed by atoms with Crippen molar-refractivity contribution in [3.8, 4) is 55.6 Å². The van der Waals surface area contributed by atoms with Gasteiger partial charge in [0.15, 0.2) is 0 Å². The zero-order valence-corrected chi connectivity index (χ0v) is 21.5. The zero-order chi connectivity index (χ0) is 26.6. The van der Waals surface area contributed by atoms with Gasteiger partial charge in [-0.05, 0) is 73.8 Å². The van der Waals surface area contributed by atoms with E-state index in [9.17, 15) is 0 Å². The van der Waals surface area contributed by atoms with Gasteiger partial charge in [-0.3, -0.25) is 5.41 Å². The highest BCUT2D eigenvalue weighted by molar-refractivity contribution is 5.96. The fraction of sp³-hybridized carbons (Fsp3) is 0. The van der Waals surface area contributed by atoms with Gasteiger partial charge in [0, 0.05) is 5.56 Å². The van der Waals surface area contributed by atoms with Crippen molar-refractivity contribution in [1.82, 2.24) is 0 Å². The zero-order valence-electron chi connectivity index (χ0n) is 21.5. The second-order valence-corrected chi connectivity index (χ2v) is 9.61. The first-order chi connectivity index (χ1) is 19.2. The van der Waals surface area contributed by atoms with Crippen LogP contribution < -0.4 is 5.73 Å². The smallest absolute Gasteiger partial charge is 0.122 e. The van der Waals surface area contributed by atoms with Crippen LogP contribution in [0.5, 0.6) is 0 Å². The first-order valence-electron chi connectivity index (χ1n) is 13.1. The summed E-state index contributed by atoms with van der Waals surface area (Å²) in [6, 6.07) is 53.0. The predicted octanol–water partition coefficient (Wildman–Crippen LogP) is 9.31. The number of hydrogen-bond acceptors (Lipinski definition) is 1. The van der Waals surface area contributed by atoms with Crippen molar-refractivity contribution in [3.05, 3.63) is 157 Å². The molecule has 0 unspecified atom stereocenters. The largest absolute Gasteiger partial charge is 0.384 e. The van der Waals surface area contributed by atoms with Crippen LogP contribution in [-0.2, 0) is 0 Å². The first-order valence-corrected chi connectivity index (χ1v) is 13.1. The summed E-state index contributed by atoms with van der Waals surface area (Å²) in [6.07, 6.45) is 0. The molecule has 0 bridgehead atoms. The molecule has 0 spiro atoms. The van der Waals surface area contributed by atoms with E-state index in [2.05, 4.69) is 133 Å². The molecule has 2 heteroatoms. The lowest BCUT2D eigenvalue weighted by molar-refractivity contribution is 1.42. The molecule has 0 saturated carbocycles. The highest BCUT2D eigenvalue weighted by Gasteiger charge is 2.14. The van der Waals surface area contributed by atoms with E-state index in [0.717, 1.165) is 27.8 Å². The number of nitrogens with two attached hydrogens (primary N) is 1. The predicted molar refractivity (Wildman–Crippen MR) is 165 cm³/mol. The second-order valence-electron chi connectivity index (χ2n) is 9.61. The van der Waals surface area contributed by atoms with Gasteiger partial charge in [-0.15, -0.1) is 0 Å². The average Bonchev–Trinajstić information content (AvgIpc) is 3.02. The average molecular weight is 501 g/mol. The SMILES string of the molecule is N=C(N)c1cccc(-c2cccc(-c3ccc(-c4ccccc4)c(-c4ccccc4-c4ccccc4)c3)c2)c1. The van der Waals surface area contributed by atoms with Crippen LogP contribution in [0.1, 0.15) is 5.56 Å². The maximum atomic E-state index is 7.82. The van der Waals surface area contributed by atoms with E-state index in [1.54, 1.807) is 0 Å². The van der Waals surface area contributed by atoms with Crippen molar-refractivity contribution in [2.75, 3.05) is 0 Å². The third-order valence-corrected chi connectivity index (χ3v) is 7.11. The van der Waals surface area contributed by atoms with Gasteiger partial charge < -0.3 is 5.73 Å². The van der Waals surface area contributed by atoms with Crippen LogP contribution >= 0.6 is 0 Å². The summed E-state index contributed by atoms with van der Waals surface area (Å²) in [6.45, 7) is 0. The molecule has 0 aromatic heterocycles. The first kappa shape index (κ1) is 24.1. The summed E-state index contributed by atoms with van der Waals surface area (Å²) in [5, 5.41) is 7.82. The number of hydrogen-bond donors (Lipinski definition) is 2. The van der Waals surface area contributed by atoms with E-state index >= 15 is 0 Å². The molecule has 0 fully saturated rings. The summed E-state index contributed by atoms with van der Waals surface area (Å²) >= 11 is 0. The molecule has 0 heterocycles. The molecular formula is C37H28N2. The van der Waals surface area contributed by atoms with E-state index in [4.69, 9.17) is 11.1 Å². The molecule has 2 nitrogen and oxygen atoms in total.